The number of ether oxygens (including phenoxy) is 1. The van der Waals surface area contributed by atoms with Crippen molar-refractivity contribution in [1.29, 1.82) is 0 Å². The lowest BCUT2D eigenvalue weighted by Gasteiger charge is -2.09. The van der Waals surface area contributed by atoms with Gasteiger partial charge < -0.3 is 15.2 Å². The third-order valence-corrected chi connectivity index (χ3v) is 2.22. The van der Waals surface area contributed by atoms with Crippen molar-refractivity contribution in [3.05, 3.63) is 29.8 Å². The maximum Gasteiger partial charge on any atom is 0.471 e. The number of aliphatic hydroxyl groups is 1. The van der Waals surface area contributed by atoms with E-state index < -0.39 is 12.1 Å². The summed E-state index contributed by atoms with van der Waals surface area (Å²) in [5.41, 5.74) is 0.667. The number of alkyl halides is 3. The number of hydrogen-bond acceptors (Lipinski definition) is 3. The molecule has 0 aliphatic rings. The summed E-state index contributed by atoms with van der Waals surface area (Å²) in [7, 11) is 0. The van der Waals surface area contributed by atoms with Crippen molar-refractivity contribution in [3.63, 3.8) is 0 Å². The SMILES string of the molecule is O=C(NCCOc1cccc(C#CCCO)c1)C(F)(F)F. The Morgan fingerprint density at radius 3 is 2.81 bits per heavy atom. The molecule has 1 aromatic carbocycles. The van der Waals surface area contributed by atoms with Crippen LogP contribution < -0.4 is 10.1 Å². The molecule has 1 rings (SSSR count). The highest BCUT2D eigenvalue weighted by molar-refractivity contribution is 5.81. The molecule has 0 aliphatic carbocycles. The van der Waals surface area contributed by atoms with Crippen LogP contribution in [-0.2, 0) is 4.79 Å². The van der Waals surface area contributed by atoms with Crippen molar-refractivity contribution in [2.24, 2.45) is 0 Å². The van der Waals surface area contributed by atoms with E-state index in [1.165, 1.54) is 0 Å². The predicted molar refractivity (Wildman–Crippen MR) is 69.6 cm³/mol. The molecule has 0 aromatic heterocycles. The predicted octanol–water partition coefficient (Wildman–Crippen LogP) is 1.48. The fourth-order valence-electron chi connectivity index (χ4n) is 1.32. The number of carbonyl (C=O) groups is 1. The number of halogens is 3. The average Bonchev–Trinajstić information content (AvgIpc) is 2.43. The molecule has 0 saturated carbocycles. The topological polar surface area (TPSA) is 58.6 Å². The molecule has 7 heteroatoms. The van der Waals surface area contributed by atoms with Crippen molar-refractivity contribution < 1.29 is 27.8 Å². The fraction of sp³-hybridized carbons (Fsp3) is 0.357. The number of rotatable bonds is 5. The Hall–Kier alpha value is -2.20. The second kappa shape index (κ2) is 8.17. The van der Waals surface area contributed by atoms with E-state index in [-0.39, 0.29) is 19.8 Å². The Kier molecular flexibility index (Phi) is 6.56. The number of aliphatic hydroxyl groups excluding tert-OH is 1. The fourth-order valence-corrected chi connectivity index (χ4v) is 1.32. The summed E-state index contributed by atoms with van der Waals surface area (Å²) in [4.78, 5) is 10.5. The van der Waals surface area contributed by atoms with Gasteiger partial charge in [0.1, 0.15) is 12.4 Å². The van der Waals surface area contributed by atoms with Crippen LogP contribution in [0.15, 0.2) is 24.3 Å². The van der Waals surface area contributed by atoms with Crippen molar-refractivity contribution in [1.82, 2.24) is 5.32 Å². The summed E-state index contributed by atoms with van der Waals surface area (Å²) in [6.07, 6.45) is -4.53. The monoisotopic (exact) mass is 301 g/mol. The minimum atomic E-state index is -4.89. The van der Waals surface area contributed by atoms with Gasteiger partial charge in [0.05, 0.1) is 13.2 Å². The van der Waals surface area contributed by atoms with E-state index in [9.17, 15) is 18.0 Å². The quantitative estimate of drug-likeness (QED) is 0.640. The van der Waals surface area contributed by atoms with Gasteiger partial charge in [0.25, 0.3) is 0 Å². The first kappa shape index (κ1) is 16.9. The standard InChI is InChI=1S/C14H14F3NO3/c15-14(16,17)13(20)18-7-9-21-12-6-3-5-11(10-12)4-1-2-8-19/h3,5-6,10,19H,2,7-9H2,(H,18,20). The molecule has 0 atom stereocenters. The molecule has 0 unspecified atom stereocenters. The van der Waals surface area contributed by atoms with Gasteiger partial charge in [-0.1, -0.05) is 17.9 Å². The van der Waals surface area contributed by atoms with E-state index in [0.29, 0.717) is 17.7 Å². The van der Waals surface area contributed by atoms with E-state index in [1.807, 2.05) is 0 Å². The maximum atomic E-state index is 11.9. The summed E-state index contributed by atoms with van der Waals surface area (Å²) in [6.45, 7) is -0.365. The van der Waals surface area contributed by atoms with Gasteiger partial charge in [-0.15, -0.1) is 0 Å². The van der Waals surface area contributed by atoms with Crippen LogP contribution in [-0.4, -0.2) is 36.9 Å². The first-order valence-corrected chi connectivity index (χ1v) is 6.11. The van der Waals surface area contributed by atoms with Gasteiger partial charge in [-0.3, -0.25) is 4.79 Å². The van der Waals surface area contributed by atoms with Crippen molar-refractivity contribution in [2.75, 3.05) is 19.8 Å². The van der Waals surface area contributed by atoms with Crippen LogP contribution in [0.5, 0.6) is 5.75 Å². The zero-order valence-corrected chi connectivity index (χ0v) is 11.0. The highest BCUT2D eigenvalue weighted by Gasteiger charge is 2.38. The molecule has 0 heterocycles. The highest BCUT2D eigenvalue weighted by Crippen LogP contribution is 2.14. The van der Waals surface area contributed by atoms with Crippen LogP contribution in [0.4, 0.5) is 13.2 Å². The third-order valence-electron chi connectivity index (χ3n) is 2.22. The Morgan fingerprint density at radius 2 is 2.14 bits per heavy atom. The summed E-state index contributed by atoms with van der Waals surface area (Å²) in [5, 5.41) is 10.3. The van der Waals surface area contributed by atoms with Gasteiger partial charge in [0.15, 0.2) is 0 Å². The van der Waals surface area contributed by atoms with Gasteiger partial charge in [-0.25, -0.2) is 0 Å². The second-order valence-corrected chi connectivity index (χ2v) is 3.91. The molecule has 0 spiro atoms. The lowest BCUT2D eigenvalue weighted by molar-refractivity contribution is -0.173. The van der Waals surface area contributed by atoms with Gasteiger partial charge >= 0.3 is 12.1 Å². The smallest absolute Gasteiger partial charge is 0.471 e. The van der Waals surface area contributed by atoms with Crippen LogP contribution in [0.25, 0.3) is 0 Å². The molecule has 0 aliphatic heterocycles. The van der Waals surface area contributed by atoms with E-state index in [2.05, 4.69) is 11.8 Å². The molecule has 21 heavy (non-hydrogen) atoms. The number of amides is 1. The molecule has 0 bridgehead atoms. The molecule has 114 valence electrons. The van der Waals surface area contributed by atoms with Gasteiger partial charge in [-0.2, -0.15) is 13.2 Å². The number of carbonyl (C=O) groups excluding carboxylic acids is 1. The lowest BCUT2D eigenvalue weighted by atomic mass is 10.2. The minimum Gasteiger partial charge on any atom is -0.492 e. The molecule has 2 N–H and O–H groups in total. The molecule has 1 aromatic rings. The molecule has 1 amide bonds. The lowest BCUT2D eigenvalue weighted by Crippen LogP contribution is -2.38. The van der Waals surface area contributed by atoms with E-state index in [0.717, 1.165) is 0 Å². The first-order valence-electron chi connectivity index (χ1n) is 6.11. The zero-order valence-electron chi connectivity index (χ0n) is 11.0. The van der Waals surface area contributed by atoms with Crippen LogP contribution in [0, 0.1) is 11.8 Å². The number of benzene rings is 1. The largest absolute Gasteiger partial charge is 0.492 e. The average molecular weight is 301 g/mol. The normalized spacial score (nSPS) is 10.5. The molecule has 0 radical (unpaired) electrons. The molecule has 0 saturated heterocycles. The first-order chi connectivity index (χ1) is 9.93. The van der Waals surface area contributed by atoms with Crippen LogP contribution in [0.3, 0.4) is 0 Å². The van der Waals surface area contributed by atoms with Crippen LogP contribution in [0.1, 0.15) is 12.0 Å². The molecular formula is C14H14F3NO3. The number of nitrogens with one attached hydrogen (secondary N) is 1. The van der Waals surface area contributed by atoms with Gasteiger partial charge in [0, 0.05) is 12.0 Å². The maximum absolute atomic E-state index is 11.9. The Balaban J connectivity index is 2.41. The van der Waals surface area contributed by atoms with Crippen molar-refractivity contribution in [3.8, 4) is 17.6 Å². The molecular weight excluding hydrogens is 287 g/mol. The van der Waals surface area contributed by atoms with Crippen molar-refractivity contribution in [2.45, 2.75) is 12.6 Å². The molecule has 4 nitrogen and oxygen atoms in total. The summed E-state index contributed by atoms with van der Waals surface area (Å²) < 4.78 is 41.0. The molecule has 0 fully saturated rings. The van der Waals surface area contributed by atoms with E-state index in [4.69, 9.17) is 9.84 Å². The zero-order chi connectivity index (χ0) is 15.7. The van der Waals surface area contributed by atoms with Crippen molar-refractivity contribution >= 4 is 5.91 Å². The highest BCUT2D eigenvalue weighted by atomic mass is 19.4. The summed E-state index contributed by atoms with van der Waals surface area (Å²) >= 11 is 0. The van der Waals surface area contributed by atoms with E-state index >= 15 is 0 Å². The minimum absolute atomic E-state index is 0.0257. The second-order valence-electron chi connectivity index (χ2n) is 3.91. The Morgan fingerprint density at radius 1 is 1.38 bits per heavy atom. The third kappa shape index (κ3) is 6.68. The van der Waals surface area contributed by atoms with Gasteiger partial charge in [-0.05, 0) is 18.2 Å². The number of hydrogen-bond donors (Lipinski definition) is 2. The Bertz CT molecular complexity index is 532. The summed E-state index contributed by atoms with van der Waals surface area (Å²) in [6, 6.07) is 6.67. The van der Waals surface area contributed by atoms with Crippen LogP contribution in [0.2, 0.25) is 0 Å². The van der Waals surface area contributed by atoms with Crippen LogP contribution >= 0.6 is 0 Å². The Labute approximate surface area is 119 Å². The summed E-state index contributed by atoms with van der Waals surface area (Å²) in [5.74, 6) is 3.99. The van der Waals surface area contributed by atoms with E-state index in [1.54, 1.807) is 29.6 Å². The van der Waals surface area contributed by atoms with Gasteiger partial charge in [0.2, 0.25) is 0 Å².